The van der Waals surface area contributed by atoms with Crippen molar-refractivity contribution in [2.45, 2.75) is 56.8 Å². The summed E-state index contributed by atoms with van der Waals surface area (Å²) in [5.74, 6) is 0.409. The Balaban J connectivity index is 1.41. The Morgan fingerprint density at radius 2 is 1.67 bits per heavy atom. The summed E-state index contributed by atoms with van der Waals surface area (Å²) in [6.07, 6.45) is 2.40. The van der Waals surface area contributed by atoms with Crippen molar-refractivity contribution in [1.82, 2.24) is 10.6 Å². The van der Waals surface area contributed by atoms with Crippen LogP contribution in [0, 0.1) is 6.92 Å². The first kappa shape index (κ1) is 27.9. The van der Waals surface area contributed by atoms with Gasteiger partial charge in [0.25, 0.3) is 5.91 Å². The number of hydrogen-bond donors (Lipinski definition) is 5. The maximum absolute atomic E-state index is 14.2. The van der Waals surface area contributed by atoms with Crippen LogP contribution >= 0.6 is 11.3 Å². The molecule has 216 valence electrons. The van der Waals surface area contributed by atoms with Gasteiger partial charge in [0, 0.05) is 35.6 Å². The molecule has 1 fully saturated rings. The quantitative estimate of drug-likeness (QED) is 0.213. The van der Waals surface area contributed by atoms with Crippen molar-refractivity contribution in [3.63, 3.8) is 0 Å². The molecule has 1 heterocycles. The van der Waals surface area contributed by atoms with Gasteiger partial charge in [-0.2, -0.15) is 0 Å². The lowest BCUT2D eigenvalue weighted by Gasteiger charge is -2.37. The maximum atomic E-state index is 14.2. The molecule has 3 aromatic carbocycles. The van der Waals surface area contributed by atoms with Crippen molar-refractivity contribution < 1.29 is 19.1 Å². The van der Waals surface area contributed by atoms with E-state index in [0.717, 1.165) is 24.8 Å². The monoisotopic (exact) mass is 583 g/mol. The number of Topliss-reactive ketones (excluding diaryl/α,β-unsaturated/α-hetero) is 1. The Kier molecular flexibility index (Phi) is 7.00. The average molecular weight is 584 g/mol. The molecule has 4 atom stereocenters. The number of aryl methyl sites for hydroxylation is 1. The summed E-state index contributed by atoms with van der Waals surface area (Å²) < 4.78 is 6.66. The van der Waals surface area contributed by atoms with E-state index in [1.807, 2.05) is 43.3 Å². The predicted octanol–water partition coefficient (Wildman–Crippen LogP) is 4.16. The Labute approximate surface area is 247 Å². The molecular weight excluding hydrogens is 550 g/mol. The Morgan fingerprint density at radius 3 is 2.36 bits per heavy atom. The Morgan fingerprint density at radius 1 is 0.976 bits per heavy atom. The van der Waals surface area contributed by atoms with E-state index < -0.39 is 17.4 Å². The molecule has 0 aliphatic heterocycles. The fourth-order valence-electron chi connectivity index (χ4n) is 6.39. The molecule has 1 saturated carbocycles. The zero-order chi connectivity index (χ0) is 29.8. The third-order valence-electron chi connectivity index (χ3n) is 8.34. The Hall–Kier alpha value is -4.25. The number of anilines is 1. The minimum absolute atomic E-state index is 0.141. The van der Waals surface area contributed by atoms with Crippen molar-refractivity contribution in [2.24, 2.45) is 11.5 Å². The molecule has 0 saturated heterocycles. The van der Waals surface area contributed by atoms with Crippen LogP contribution in [0.25, 0.3) is 10.1 Å². The zero-order valence-corrected chi connectivity index (χ0v) is 24.2. The summed E-state index contributed by atoms with van der Waals surface area (Å²) in [7, 11) is 0. The van der Waals surface area contributed by atoms with Crippen LogP contribution in [0.2, 0.25) is 0 Å². The first-order valence-electron chi connectivity index (χ1n) is 14.0. The lowest BCUT2D eigenvalue weighted by atomic mass is 9.69. The van der Waals surface area contributed by atoms with Gasteiger partial charge in [0.15, 0.2) is 5.78 Å². The van der Waals surface area contributed by atoms with Crippen molar-refractivity contribution in [3.05, 3.63) is 87.8 Å². The van der Waals surface area contributed by atoms with Crippen molar-refractivity contribution in [2.75, 3.05) is 5.73 Å². The van der Waals surface area contributed by atoms with Crippen LogP contribution in [0.15, 0.2) is 60.7 Å². The first-order chi connectivity index (χ1) is 20.1. The van der Waals surface area contributed by atoms with E-state index in [1.54, 1.807) is 24.3 Å². The molecule has 6 rings (SSSR count). The summed E-state index contributed by atoms with van der Waals surface area (Å²) in [6, 6.07) is 16.8. The van der Waals surface area contributed by atoms with Gasteiger partial charge in [-0.25, -0.2) is 0 Å². The highest BCUT2D eigenvalue weighted by molar-refractivity contribution is 7.21. The van der Waals surface area contributed by atoms with E-state index in [4.69, 9.17) is 21.9 Å². The topological polar surface area (TPSA) is 163 Å². The second-order valence-electron chi connectivity index (χ2n) is 11.1. The zero-order valence-electron chi connectivity index (χ0n) is 23.4. The van der Waals surface area contributed by atoms with E-state index >= 15 is 0 Å². The number of nitrogens with one attached hydrogen (secondary N) is 2. The average Bonchev–Trinajstić information content (AvgIpc) is 3.57. The van der Waals surface area contributed by atoms with Gasteiger partial charge in [-0.3, -0.25) is 14.4 Å². The number of benzene rings is 3. The van der Waals surface area contributed by atoms with Gasteiger partial charge in [0.1, 0.15) is 17.0 Å². The molecule has 42 heavy (non-hydrogen) atoms. The van der Waals surface area contributed by atoms with Gasteiger partial charge in [0.05, 0.1) is 15.6 Å². The molecule has 4 aromatic rings. The highest BCUT2D eigenvalue weighted by Gasteiger charge is 2.49. The van der Waals surface area contributed by atoms with Gasteiger partial charge in [-0.05, 0) is 73.2 Å². The minimum atomic E-state index is -1.56. The van der Waals surface area contributed by atoms with Crippen LogP contribution in [0.3, 0.4) is 0 Å². The number of ketones is 1. The molecular formula is C32H33N5O4S. The minimum Gasteiger partial charge on any atom is -0.457 e. The number of amides is 2. The van der Waals surface area contributed by atoms with Crippen LogP contribution in [0.4, 0.5) is 5.69 Å². The SMILES string of the molecule is CC(=O)N[C@H]1CCC[C@@H]1NC(=O)c1sc2c(N)ccc3c2c1C(N)C(=O)C3(N)c1ccc(Oc2ccccc2)cc1C. The van der Waals surface area contributed by atoms with Gasteiger partial charge < -0.3 is 32.6 Å². The fraction of sp³-hybridized carbons (Fsp3) is 0.281. The van der Waals surface area contributed by atoms with Crippen molar-refractivity contribution >= 4 is 44.7 Å². The molecule has 10 heteroatoms. The lowest BCUT2D eigenvalue weighted by Crippen LogP contribution is -2.53. The lowest BCUT2D eigenvalue weighted by molar-refractivity contribution is -0.124. The molecule has 2 aliphatic rings. The number of hydrogen-bond acceptors (Lipinski definition) is 8. The number of ether oxygens (including phenoxy) is 1. The summed E-state index contributed by atoms with van der Waals surface area (Å²) in [6.45, 7) is 3.34. The number of rotatable bonds is 6. The van der Waals surface area contributed by atoms with Crippen LogP contribution in [-0.2, 0) is 15.1 Å². The summed E-state index contributed by atoms with van der Waals surface area (Å²) in [5.41, 5.74) is 21.4. The molecule has 2 amide bonds. The summed E-state index contributed by atoms with van der Waals surface area (Å²) in [4.78, 5) is 39.9. The number of nitrogen functional groups attached to an aromatic ring is 1. The molecule has 9 nitrogen and oxygen atoms in total. The smallest absolute Gasteiger partial charge is 0.262 e. The van der Waals surface area contributed by atoms with Crippen LogP contribution < -0.4 is 32.6 Å². The molecule has 0 bridgehead atoms. The van der Waals surface area contributed by atoms with E-state index in [1.165, 1.54) is 18.3 Å². The van der Waals surface area contributed by atoms with E-state index in [9.17, 15) is 14.4 Å². The number of carbonyl (C=O) groups excluding carboxylic acids is 3. The fourth-order valence-corrected chi connectivity index (χ4v) is 7.60. The third kappa shape index (κ3) is 4.52. The predicted molar refractivity (Wildman–Crippen MR) is 164 cm³/mol. The van der Waals surface area contributed by atoms with Crippen LogP contribution in [0.5, 0.6) is 11.5 Å². The van der Waals surface area contributed by atoms with Crippen LogP contribution in [0.1, 0.15) is 64.2 Å². The largest absolute Gasteiger partial charge is 0.457 e. The van der Waals surface area contributed by atoms with Gasteiger partial charge in [0.2, 0.25) is 5.91 Å². The Bertz CT molecular complexity index is 1740. The van der Waals surface area contributed by atoms with E-state index in [2.05, 4.69) is 10.6 Å². The molecule has 2 unspecified atom stereocenters. The van der Waals surface area contributed by atoms with Crippen molar-refractivity contribution in [3.8, 4) is 11.5 Å². The summed E-state index contributed by atoms with van der Waals surface area (Å²) in [5, 5.41) is 6.65. The summed E-state index contributed by atoms with van der Waals surface area (Å²) >= 11 is 1.21. The normalized spacial score (nSPS) is 23.1. The van der Waals surface area contributed by atoms with Crippen LogP contribution in [-0.4, -0.2) is 29.7 Å². The van der Waals surface area contributed by atoms with E-state index in [-0.39, 0.29) is 23.9 Å². The standard InChI is InChI=1S/C32H33N5O4S/c1-16-15-19(41-18-7-4-3-5-8-18)11-12-20(16)32(35)21-13-14-22(33)28-25(21)26(27(34)30(32)39)29(42-28)31(40)37-24-10-6-9-23(24)36-17(2)38/h3-5,7-8,11-15,23-24,27H,6,9-10,33-35H2,1-2H3,(H,36,38)(H,37,40)/t23-,24-,27?,32?/m0/s1. The van der Waals surface area contributed by atoms with E-state index in [0.29, 0.717) is 48.8 Å². The molecule has 2 aliphatic carbocycles. The highest BCUT2D eigenvalue weighted by atomic mass is 32.1. The molecule has 8 N–H and O–H groups in total. The third-order valence-corrected chi connectivity index (χ3v) is 9.60. The first-order valence-corrected chi connectivity index (χ1v) is 14.8. The second-order valence-corrected chi connectivity index (χ2v) is 12.1. The molecule has 0 spiro atoms. The van der Waals surface area contributed by atoms with Gasteiger partial charge >= 0.3 is 0 Å². The second kappa shape index (κ2) is 10.5. The number of carbonyl (C=O) groups is 3. The number of para-hydroxylation sites is 1. The van der Waals surface area contributed by atoms with Gasteiger partial charge in [-0.1, -0.05) is 30.3 Å². The van der Waals surface area contributed by atoms with Crippen molar-refractivity contribution in [1.29, 1.82) is 0 Å². The number of thiophene rings is 1. The highest BCUT2D eigenvalue weighted by Crippen LogP contribution is 2.50. The molecule has 0 radical (unpaired) electrons. The van der Waals surface area contributed by atoms with Gasteiger partial charge in [-0.15, -0.1) is 11.3 Å². The number of nitrogens with two attached hydrogens (primary N) is 3. The molecule has 1 aromatic heterocycles. The maximum Gasteiger partial charge on any atom is 0.262 e.